The van der Waals surface area contributed by atoms with Crippen LogP contribution in [0, 0.1) is 5.92 Å². The third kappa shape index (κ3) is 5.04. The van der Waals surface area contributed by atoms with Gasteiger partial charge >= 0.3 is 11.9 Å². The third-order valence-corrected chi connectivity index (χ3v) is 5.37. The van der Waals surface area contributed by atoms with E-state index in [1.54, 1.807) is 6.92 Å². The van der Waals surface area contributed by atoms with E-state index in [-0.39, 0.29) is 13.2 Å². The van der Waals surface area contributed by atoms with Crippen LogP contribution < -0.4 is 5.32 Å². The van der Waals surface area contributed by atoms with Crippen LogP contribution in [0.5, 0.6) is 0 Å². The Morgan fingerprint density at radius 2 is 2.00 bits per heavy atom. The fraction of sp³-hybridized carbons (Fsp3) is 0.611. The van der Waals surface area contributed by atoms with E-state index in [1.165, 1.54) is 24.7 Å². The Kier molecular flexibility index (Phi) is 6.99. The molecule has 0 saturated carbocycles. The van der Waals surface area contributed by atoms with Crippen LogP contribution in [0.3, 0.4) is 0 Å². The molecule has 6 nitrogen and oxygen atoms in total. The van der Waals surface area contributed by atoms with Crippen molar-refractivity contribution in [3.63, 3.8) is 0 Å². The highest BCUT2D eigenvalue weighted by molar-refractivity contribution is 7.17. The van der Waals surface area contributed by atoms with Crippen LogP contribution in [-0.2, 0) is 31.9 Å². The SMILES string of the molecule is CCCC1CCc2c(sc(NC(=O)COC(C)=O)c2C(=O)OCC)C1. The molecular formula is C18H25NO5S. The summed E-state index contributed by atoms with van der Waals surface area (Å²) in [5.74, 6) is -0.759. The van der Waals surface area contributed by atoms with Crippen LogP contribution in [0.1, 0.15) is 60.8 Å². The Balaban J connectivity index is 2.24. The molecule has 0 saturated heterocycles. The average Bonchev–Trinajstić information content (AvgIpc) is 2.90. The lowest BCUT2D eigenvalue weighted by atomic mass is 9.84. The lowest BCUT2D eigenvalue weighted by molar-refractivity contribution is -0.144. The molecule has 1 aromatic heterocycles. The zero-order chi connectivity index (χ0) is 18.4. The number of hydrogen-bond acceptors (Lipinski definition) is 6. The number of carbonyl (C=O) groups excluding carboxylic acids is 3. The first-order valence-corrected chi connectivity index (χ1v) is 9.52. The summed E-state index contributed by atoms with van der Waals surface area (Å²) in [6, 6.07) is 0. The van der Waals surface area contributed by atoms with Crippen LogP contribution in [-0.4, -0.2) is 31.1 Å². The molecule has 0 spiro atoms. The average molecular weight is 367 g/mol. The van der Waals surface area contributed by atoms with Crippen molar-refractivity contribution in [1.29, 1.82) is 0 Å². The molecule has 1 heterocycles. The van der Waals surface area contributed by atoms with Gasteiger partial charge in [-0.15, -0.1) is 11.3 Å². The van der Waals surface area contributed by atoms with Gasteiger partial charge in [-0.2, -0.15) is 0 Å². The minimum absolute atomic E-state index is 0.281. The molecule has 0 aliphatic heterocycles. The Morgan fingerprint density at radius 1 is 1.24 bits per heavy atom. The molecule has 0 radical (unpaired) electrons. The highest BCUT2D eigenvalue weighted by Gasteiger charge is 2.30. The Hall–Kier alpha value is -1.89. The number of anilines is 1. The van der Waals surface area contributed by atoms with Crippen molar-refractivity contribution < 1.29 is 23.9 Å². The van der Waals surface area contributed by atoms with E-state index < -0.39 is 17.8 Å². The van der Waals surface area contributed by atoms with Crippen LogP contribution in [0.25, 0.3) is 0 Å². The van der Waals surface area contributed by atoms with Gasteiger partial charge < -0.3 is 14.8 Å². The predicted molar refractivity (Wildman–Crippen MR) is 96.0 cm³/mol. The summed E-state index contributed by atoms with van der Waals surface area (Å²) in [5.41, 5.74) is 1.46. The second-order valence-corrected chi connectivity index (χ2v) is 7.26. The number of rotatable bonds is 7. The first-order chi connectivity index (χ1) is 12.0. The standard InChI is InChI=1S/C18H25NO5S/c1-4-6-12-7-8-13-14(9-12)25-17(16(13)18(22)23-5-2)19-15(21)10-24-11(3)20/h12H,4-10H2,1-3H3,(H,19,21). The minimum Gasteiger partial charge on any atom is -0.462 e. The lowest BCUT2D eigenvalue weighted by Crippen LogP contribution is -2.21. The molecular weight excluding hydrogens is 342 g/mol. The van der Waals surface area contributed by atoms with E-state index in [0.717, 1.165) is 36.1 Å². The highest BCUT2D eigenvalue weighted by Crippen LogP contribution is 2.41. The molecule has 0 bridgehead atoms. The van der Waals surface area contributed by atoms with Crippen molar-refractivity contribution in [2.75, 3.05) is 18.5 Å². The van der Waals surface area contributed by atoms with Gasteiger partial charge in [0.1, 0.15) is 5.00 Å². The number of thiophene rings is 1. The number of hydrogen-bond donors (Lipinski definition) is 1. The maximum atomic E-state index is 12.4. The molecule has 1 unspecified atom stereocenters. The molecule has 1 aliphatic carbocycles. The second-order valence-electron chi connectivity index (χ2n) is 6.15. The molecule has 2 rings (SSSR count). The Labute approximate surface area is 151 Å². The summed E-state index contributed by atoms with van der Waals surface area (Å²) in [7, 11) is 0. The molecule has 1 atom stereocenters. The normalized spacial score (nSPS) is 16.0. The molecule has 138 valence electrons. The van der Waals surface area contributed by atoms with Crippen LogP contribution in [0.15, 0.2) is 0 Å². The van der Waals surface area contributed by atoms with Crippen molar-refractivity contribution in [2.45, 2.75) is 52.9 Å². The van der Waals surface area contributed by atoms with Crippen molar-refractivity contribution in [3.05, 3.63) is 16.0 Å². The zero-order valence-corrected chi connectivity index (χ0v) is 15.8. The molecule has 1 aliphatic rings. The third-order valence-electron chi connectivity index (χ3n) is 4.20. The predicted octanol–water partition coefficient (Wildman–Crippen LogP) is 3.33. The van der Waals surface area contributed by atoms with Crippen LogP contribution in [0.4, 0.5) is 5.00 Å². The van der Waals surface area contributed by atoms with Crippen molar-refractivity contribution in [1.82, 2.24) is 0 Å². The molecule has 25 heavy (non-hydrogen) atoms. The number of ether oxygens (including phenoxy) is 2. The fourth-order valence-electron chi connectivity index (χ4n) is 3.15. The summed E-state index contributed by atoms with van der Waals surface area (Å²) in [4.78, 5) is 36.4. The van der Waals surface area contributed by atoms with E-state index in [1.807, 2.05) is 0 Å². The number of nitrogens with one attached hydrogen (secondary N) is 1. The number of amides is 1. The number of fused-ring (bicyclic) bond motifs is 1. The Bertz CT molecular complexity index is 652. The van der Waals surface area contributed by atoms with E-state index in [2.05, 4.69) is 12.2 Å². The maximum Gasteiger partial charge on any atom is 0.341 e. The maximum absolute atomic E-state index is 12.4. The molecule has 1 amide bonds. The first kappa shape index (κ1) is 19.4. The summed E-state index contributed by atoms with van der Waals surface area (Å²) >= 11 is 1.44. The molecule has 7 heteroatoms. The monoisotopic (exact) mass is 367 g/mol. The lowest BCUT2D eigenvalue weighted by Gasteiger charge is -2.21. The van der Waals surface area contributed by atoms with Crippen molar-refractivity contribution in [2.24, 2.45) is 5.92 Å². The second kappa shape index (κ2) is 8.99. The van der Waals surface area contributed by atoms with Crippen LogP contribution >= 0.6 is 11.3 Å². The van der Waals surface area contributed by atoms with Crippen LogP contribution in [0.2, 0.25) is 0 Å². The van der Waals surface area contributed by atoms with Gasteiger partial charge in [0.05, 0.1) is 12.2 Å². The van der Waals surface area contributed by atoms with Gasteiger partial charge in [-0.1, -0.05) is 19.8 Å². The molecule has 0 fully saturated rings. The fourth-order valence-corrected chi connectivity index (χ4v) is 4.51. The first-order valence-electron chi connectivity index (χ1n) is 8.71. The van der Waals surface area contributed by atoms with Gasteiger partial charge in [-0.25, -0.2) is 4.79 Å². The number of carbonyl (C=O) groups is 3. The largest absolute Gasteiger partial charge is 0.462 e. The summed E-state index contributed by atoms with van der Waals surface area (Å²) < 4.78 is 9.89. The highest BCUT2D eigenvalue weighted by atomic mass is 32.1. The van der Waals surface area contributed by atoms with Gasteiger partial charge in [0.25, 0.3) is 5.91 Å². The van der Waals surface area contributed by atoms with E-state index >= 15 is 0 Å². The van der Waals surface area contributed by atoms with Crippen molar-refractivity contribution in [3.8, 4) is 0 Å². The topological polar surface area (TPSA) is 81.7 Å². The Morgan fingerprint density at radius 3 is 2.64 bits per heavy atom. The van der Waals surface area contributed by atoms with E-state index in [4.69, 9.17) is 9.47 Å². The van der Waals surface area contributed by atoms with Gasteiger partial charge in [0.2, 0.25) is 0 Å². The van der Waals surface area contributed by atoms with E-state index in [9.17, 15) is 14.4 Å². The van der Waals surface area contributed by atoms with Gasteiger partial charge in [-0.3, -0.25) is 9.59 Å². The van der Waals surface area contributed by atoms with Gasteiger partial charge in [0, 0.05) is 11.8 Å². The van der Waals surface area contributed by atoms with E-state index in [0.29, 0.717) is 16.5 Å². The minimum atomic E-state index is -0.520. The molecule has 1 aromatic rings. The zero-order valence-electron chi connectivity index (χ0n) is 15.0. The number of esters is 2. The summed E-state index contributed by atoms with van der Waals surface area (Å²) in [6.45, 7) is 5.10. The summed E-state index contributed by atoms with van der Waals surface area (Å²) in [6.07, 6.45) is 5.11. The van der Waals surface area contributed by atoms with Crippen molar-refractivity contribution >= 4 is 34.2 Å². The molecule has 0 aromatic carbocycles. The summed E-state index contributed by atoms with van der Waals surface area (Å²) in [5, 5.41) is 3.21. The molecule has 1 N–H and O–H groups in total. The smallest absolute Gasteiger partial charge is 0.341 e. The quantitative estimate of drug-likeness (QED) is 0.748. The van der Waals surface area contributed by atoms with Gasteiger partial charge in [-0.05, 0) is 37.7 Å². The van der Waals surface area contributed by atoms with Gasteiger partial charge in [0.15, 0.2) is 6.61 Å².